The minimum atomic E-state index is 0.546. The van der Waals surface area contributed by atoms with E-state index in [1.54, 1.807) is 6.26 Å². The van der Waals surface area contributed by atoms with Gasteiger partial charge in [0.2, 0.25) is 0 Å². The van der Waals surface area contributed by atoms with Gasteiger partial charge in [0.15, 0.2) is 5.96 Å². The third kappa shape index (κ3) is 5.77. The molecule has 2 heterocycles. The van der Waals surface area contributed by atoms with Crippen molar-refractivity contribution in [1.82, 2.24) is 15.5 Å². The number of rotatable bonds is 7. The molecule has 0 unspecified atom stereocenters. The van der Waals surface area contributed by atoms with Crippen LogP contribution in [0.4, 0.5) is 0 Å². The van der Waals surface area contributed by atoms with Crippen molar-refractivity contribution in [3.63, 3.8) is 0 Å². The summed E-state index contributed by atoms with van der Waals surface area (Å²) in [5, 5.41) is 7.14. The SMILES string of the molecule is CCCN=C(NCCc1ccco1)NC1CCN(C2CCCC2)CC1. The monoisotopic (exact) mass is 346 g/mol. The van der Waals surface area contributed by atoms with Crippen LogP contribution >= 0.6 is 0 Å². The van der Waals surface area contributed by atoms with E-state index in [0.717, 1.165) is 43.7 Å². The number of nitrogens with zero attached hydrogens (tertiary/aromatic N) is 2. The average Bonchev–Trinajstić information content (AvgIpc) is 3.34. The predicted octanol–water partition coefficient (Wildman–Crippen LogP) is 3.17. The molecule has 5 nitrogen and oxygen atoms in total. The van der Waals surface area contributed by atoms with Crippen molar-refractivity contribution in [2.24, 2.45) is 4.99 Å². The van der Waals surface area contributed by atoms with E-state index in [-0.39, 0.29) is 0 Å². The summed E-state index contributed by atoms with van der Waals surface area (Å²) in [7, 11) is 0. The molecule has 1 saturated carbocycles. The number of furan rings is 1. The van der Waals surface area contributed by atoms with Crippen molar-refractivity contribution in [1.29, 1.82) is 0 Å². The highest BCUT2D eigenvalue weighted by Gasteiger charge is 2.27. The number of likely N-dealkylation sites (tertiary alicyclic amines) is 1. The minimum Gasteiger partial charge on any atom is -0.469 e. The second-order valence-electron chi connectivity index (χ2n) is 7.38. The molecular formula is C20H34N4O. The summed E-state index contributed by atoms with van der Waals surface area (Å²) in [6.45, 7) is 6.36. The van der Waals surface area contributed by atoms with Gasteiger partial charge in [-0.15, -0.1) is 0 Å². The lowest BCUT2D eigenvalue weighted by Gasteiger charge is -2.36. The third-order valence-electron chi connectivity index (χ3n) is 5.45. The van der Waals surface area contributed by atoms with Crippen molar-refractivity contribution in [3.05, 3.63) is 24.2 Å². The largest absolute Gasteiger partial charge is 0.469 e. The van der Waals surface area contributed by atoms with E-state index in [9.17, 15) is 0 Å². The summed E-state index contributed by atoms with van der Waals surface area (Å²) in [5.41, 5.74) is 0. The van der Waals surface area contributed by atoms with Crippen LogP contribution in [0.1, 0.15) is 57.6 Å². The van der Waals surface area contributed by atoms with Gasteiger partial charge < -0.3 is 20.0 Å². The average molecular weight is 347 g/mol. The van der Waals surface area contributed by atoms with Crippen LogP contribution in [0.15, 0.2) is 27.8 Å². The zero-order valence-corrected chi connectivity index (χ0v) is 15.7. The zero-order valence-electron chi connectivity index (χ0n) is 15.7. The summed E-state index contributed by atoms with van der Waals surface area (Å²) in [6, 6.07) is 5.37. The van der Waals surface area contributed by atoms with Gasteiger partial charge in [0.25, 0.3) is 0 Å². The summed E-state index contributed by atoms with van der Waals surface area (Å²) in [4.78, 5) is 7.42. The van der Waals surface area contributed by atoms with E-state index in [4.69, 9.17) is 9.41 Å². The Balaban J connectivity index is 1.42. The fraction of sp³-hybridized carbons (Fsp3) is 0.750. The summed E-state index contributed by atoms with van der Waals surface area (Å²) in [5.74, 6) is 1.99. The van der Waals surface area contributed by atoms with Crippen LogP contribution in [0.25, 0.3) is 0 Å². The summed E-state index contributed by atoms with van der Waals surface area (Å²) in [6.07, 6.45) is 11.8. The highest BCUT2D eigenvalue weighted by molar-refractivity contribution is 5.80. The molecule has 1 aliphatic carbocycles. The molecule has 1 aromatic rings. The van der Waals surface area contributed by atoms with Gasteiger partial charge in [-0.1, -0.05) is 19.8 Å². The Morgan fingerprint density at radius 3 is 2.72 bits per heavy atom. The van der Waals surface area contributed by atoms with E-state index < -0.39 is 0 Å². The van der Waals surface area contributed by atoms with Crippen molar-refractivity contribution in [2.45, 2.75) is 70.4 Å². The predicted molar refractivity (Wildman–Crippen MR) is 103 cm³/mol. The van der Waals surface area contributed by atoms with Crippen LogP contribution in [0.3, 0.4) is 0 Å². The van der Waals surface area contributed by atoms with Gasteiger partial charge >= 0.3 is 0 Å². The molecule has 2 N–H and O–H groups in total. The number of piperidine rings is 1. The maximum Gasteiger partial charge on any atom is 0.191 e. The van der Waals surface area contributed by atoms with E-state index in [2.05, 4.69) is 22.5 Å². The summed E-state index contributed by atoms with van der Waals surface area (Å²) >= 11 is 0. The van der Waals surface area contributed by atoms with Gasteiger partial charge in [-0.05, 0) is 44.2 Å². The first-order valence-corrected chi connectivity index (χ1v) is 10.2. The molecule has 0 spiro atoms. The van der Waals surface area contributed by atoms with E-state index >= 15 is 0 Å². The molecule has 1 saturated heterocycles. The van der Waals surface area contributed by atoms with Crippen LogP contribution in [0.5, 0.6) is 0 Å². The Bertz CT molecular complexity index is 500. The fourth-order valence-corrected chi connectivity index (χ4v) is 4.01. The lowest BCUT2D eigenvalue weighted by atomic mass is 10.0. The van der Waals surface area contributed by atoms with E-state index in [0.29, 0.717) is 6.04 Å². The summed E-state index contributed by atoms with van der Waals surface area (Å²) < 4.78 is 5.40. The number of aliphatic imine (C=N–C) groups is 1. The minimum absolute atomic E-state index is 0.546. The first kappa shape index (κ1) is 18.3. The normalized spacial score (nSPS) is 20.9. The van der Waals surface area contributed by atoms with Crippen molar-refractivity contribution >= 4 is 5.96 Å². The Labute approximate surface area is 152 Å². The standard InChI is InChI=1S/C20H34N4O/c1-2-12-21-20(22-13-9-19-8-5-16-25-19)23-17-10-14-24(15-11-17)18-6-3-4-7-18/h5,8,16-18H,2-4,6-7,9-15H2,1H3,(H2,21,22,23). The first-order chi connectivity index (χ1) is 12.3. The molecule has 2 fully saturated rings. The molecule has 1 aliphatic heterocycles. The van der Waals surface area contributed by atoms with E-state index in [1.807, 2.05) is 12.1 Å². The maximum atomic E-state index is 5.40. The van der Waals surface area contributed by atoms with Gasteiger partial charge in [-0.25, -0.2) is 0 Å². The molecule has 0 aromatic carbocycles. The van der Waals surface area contributed by atoms with Crippen LogP contribution in [0, 0.1) is 0 Å². The highest BCUT2D eigenvalue weighted by Crippen LogP contribution is 2.26. The lowest BCUT2D eigenvalue weighted by Crippen LogP contribution is -2.50. The number of guanidine groups is 1. The Morgan fingerprint density at radius 1 is 1.24 bits per heavy atom. The molecule has 140 valence electrons. The number of nitrogens with one attached hydrogen (secondary N) is 2. The quantitative estimate of drug-likeness (QED) is 0.588. The maximum absolute atomic E-state index is 5.40. The van der Waals surface area contributed by atoms with Gasteiger partial charge in [0.1, 0.15) is 5.76 Å². The number of hydrogen-bond acceptors (Lipinski definition) is 3. The molecule has 0 amide bonds. The third-order valence-corrected chi connectivity index (χ3v) is 5.45. The molecule has 2 aliphatic rings. The molecule has 3 rings (SSSR count). The molecule has 0 radical (unpaired) electrons. The smallest absolute Gasteiger partial charge is 0.191 e. The van der Waals surface area contributed by atoms with Crippen molar-refractivity contribution in [2.75, 3.05) is 26.2 Å². The van der Waals surface area contributed by atoms with Gasteiger partial charge in [0.05, 0.1) is 6.26 Å². The Morgan fingerprint density at radius 2 is 2.04 bits per heavy atom. The van der Waals surface area contributed by atoms with Crippen molar-refractivity contribution in [3.8, 4) is 0 Å². The van der Waals surface area contributed by atoms with Crippen LogP contribution in [0.2, 0.25) is 0 Å². The van der Waals surface area contributed by atoms with Crippen LogP contribution in [-0.2, 0) is 6.42 Å². The molecule has 25 heavy (non-hydrogen) atoms. The zero-order chi connectivity index (χ0) is 17.3. The molecular weight excluding hydrogens is 312 g/mol. The first-order valence-electron chi connectivity index (χ1n) is 10.2. The number of hydrogen-bond donors (Lipinski definition) is 2. The van der Waals surface area contributed by atoms with Gasteiger partial charge in [-0.2, -0.15) is 0 Å². The highest BCUT2D eigenvalue weighted by atomic mass is 16.3. The topological polar surface area (TPSA) is 52.8 Å². The fourth-order valence-electron chi connectivity index (χ4n) is 4.01. The van der Waals surface area contributed by atoms with Gasteiger partial charge in [-0.3, -0.25) is 4.99 Å². The van der Waals surface area contributed by atoms with Crippen molar-refractivity contribution < 1.29 is 4.42 Å². The molecule has 5 heteroatoms. The lowest BCUT2D eigenvalue weighted by molar-refractivity contribution is 0.150. The second kappa shape index (κ2) is 9.85. The van der Waals surface area contributed by atoms with Crippen LogP contribution < -0.4 is 10.6 Å². The molecule has 1 aromatic heterocycles. The second-order valence-corrected chi connectivity index (χ2v) is 7.38. The van der Waals surface area contributed by atoms with Crippen LogP contribution in [-0.4, -0.2) is 49.1 Å². The van der Waals surface area contributed by atoms with E-state index in [1.165, 1.54) is 51.6 Å². The van der Waals surface area contributed by atoms with Gasteiger partial charge in [0, 0.05) is 44.7 Å². The molecule has 0 atom stereocenters. The Hall–Kier alpha value is -1.49. The Kier molecular flexibility index (Phi) is 7.22. The molecule has 0 bridgehead atoms.